The number of thiazole rings is 2. The Bertz CT molecular complexity index is 777. The molecule has 0 aromatic carbocycles. The van der Waals surface area contributed by atoms with E-state index in [1.54, 1.807) is 0 Å². The molecule has 1 aliphatic rings. The van der Waals surface area contributed by atoms with E-state index in [2.05, 4.69) is 9.97 Å². The summed E-state index contributed by atoms with van der Waals surface area (Å²) >= 11 is 3.07. The van der Waals surface area contributed by atoms with Crippen molar-refractivity contribution in [1.82, 2.24) is 9.97 Å². The first kappa shape index (κ1) is 16.0. The van der Waals surface area contributed by atoms with Gasteiger partial charge in [0.15, 0.2) is 0 Å². The monoisotopic (exact) mass is 348 g/mol. The van der Waals surface area contributed by atoms with Crippen LogP contribution in [-0.2, 0) is 27.2 Å². The van der Waals surface area contributed by atoms with Crippen molar-refractivity contribution in [2.45, 2.75) is 40.5 Å². The van der Waals surface area contributed by atoms with Gasteiger partial charge in [0.05, 0.1) is 21.4 Å². The lowest BCUT2D eigenvalue weighted by atomic mass is 10.0. The molecule has 23 heavy (non-hydrogen) atoms. The van der Waals surface area contributed by atoms with Crippen LogP contribution >= 0.6 is 22.7 Å². The minimum Gasteiger partial charge on any atom is -0.386 e. The number of rotatable bonds is 4. The smallest absolute Gasteiger partial charge is 0.349 e. The number of nitrogens with zero attached hydrogens (tertiary/aromatic N) is 2. The molecule has 120 valence electrons. The third-order valence-electron chi connectivity index (χ3n) is 3.60. The summed E-state index contributed by atoms with van der Waals surface area (Å²) in [6, 6.07) is 0. The highest BCUT2D eigenvalue weighted by molar-refractivity contribution is 7.12. The molecule has 0 unspecified atom stereocenters. The van der Waals surface area contributed by atoms with E-state index < -0.39 is 11.9 Å². The first-order chi connectivity index (χ1) is 11.0. The van der Waals surface area contributed by atoms with Gasteiger partial charge in [-0.05, 0) is 26.7 Å². The average Bonchev–Trinajstić information content (AvgIpc) is 3.14. The SMILES string of the molecule is CCc1nc(C2=C(c3nc(CC)sc3C)C(=O)OC2=O)c(C)s1. The van der Waals surface area contributed by atoms with Crippen LogP contribution in [0.2, 0.25) is 0 Å². The first-order valence-electron chi connectivity index (χ1n) is 7.40. The van der Waals surface area contributed by atoms with E-state index >= 15 is 0 Å². The van der Waals surface area contributed by atoms with Crippen molar-refractivity contribution in [3.8, 4) is 0 Å². The van der Waals surface area contributed by atoms with Gasteiger partial charge in [-0.15, -0.1) is 22.7 Å². The standard InChI is InChI=1S/C16H16N2O3S2/c1-5-9-17-13(7(3)22-9)11-12(16(20)21-15(11)19)14-8(4)23-10(6-2)18-14/h5-6H2,1-4H3. The number of carbonyl (C=O) groups is 2. The molecule has 2 aromatic rings. The third kappa shape index (κ3) is 2.64. The molecule has 0 N–H and O–H groups in total. The average molecular weight is 348 g/mol. The molecular weight excluding hydrogens is 332 g/mol. The van der Waals surface area contributed by atoms with Crippen molar-refractivity contribution >= 4 is 45.8 Å². The zero-order valence-corrected chi connectivity index (χ0v) is 15.0. The molecule has 0 fully saturated rings. The lowest BCUT2D eigenvalue weighted by Crippen LogP contribution is -2.02. The van der Waals surface area contributed by atoms with Crippen molar-refractivity contribution in [1.29, 1.82) is 0 Å². The number of ether oxygens (including phenoxy) is 1. The van der Waals surface area contributed by atoms with E-state index in [4.69, 9.17) is 4.74 Å². The highest BCUT2D eigenvalue weighted by Gasteiger charge is 2.39. The molecule has 2 aromatic heterocycles. The fraction of sp³-hybridized carbons (Fsp3) is 0.375. The molecule has 0 saturated carbocycles. The van der Waals surface area contributed by atoms with Crippen molar-refractivity contribution in [3.05, 3.63) is 31.2 Å². The number of hydrogen-bond donors (Lipinski definition) is 0. The molecule has 0 atom stereocenters. The van der Waals surface area contributed by atoms with E-state index in [1.807, 2.05) is 27.7 Å². The maximum Gasteiger partial charge on any atom is 0.349 e. The van der Waals surface area contributed by atoms with E-state index in [9.17, 15) is 9.59 Å². The van der Waals surface area contributed by atoms with Crippen LogP contribution in [0.25, 0.3) is 11.1 Å². The summed E-state index contributed by atoms with van der Waals surface area (Å²) in [6.45, 7) is 7.82. The largest absolute Gasteiger partial charge is 0.386 e. The van der Waals surface area contributed by atoms with Gasteiger partial charge < -0.3 is 4.74 Å². The molecule has 3 rings (SSSR count). The highest BCUT2D eigenvalue weighted by atomic mass is 32.1. The van der Waals surface area contributed by atoms with Gasteiger partial charge in [0.1, 0.15) is 11.1 Å². The minimum atomic E-state index is -0.633. The Balaban J connectivity index is 2.25. The van der Waals surface area contributed by atoms with Crippen LogP contribution in [0.1, 0.15) is 45.0 Å². The zero-order chi connectivity index (χ0) is 16.7. The molecule has 0 saturated heterocycles. The fourth-order valence-corrected chi connectivity index (χ4v) is 4.25. The van der Waals surface area contributed by atoms with Crippen LogP contribution in [0.4, 0.5) is 0 Å². The van der Waals surface area contributed by atoms with E-state index in [-0.39, 0.29) is 11.1 Å². The summed E-state index contributed by atoms with van der Waals surface area (Å²) in [4.78, 5) is 35.3. The molecule has 3 heterocycles. The summed E-state index contributed by atoms with van der Waals surface area (Å²) in [5.74, 6) is -1.27. The van der Waals surface area contributed by atoms with Crippen molar-refractivity contribution < 1.29 is 14.3 Å². The Kier molecular flexibility index (Phi) is 4.16. The number of carbonyl (C=O) groups excluding carboxylic acids is 2. The van der Waals surface area contributed by atoms with Crippen LogP contribution in [0, 0.1) is 13.8 Å². The normalized spacial score (nSPS) is 14.8. The summed E-state index contributed by atoms with van der Waals surface area (Å²) in [7, 11) is 0. The van der Waals surface area contributed by atoms with Gasteiger partial charge in [0, 0.05) is 9.75 Å². The van der Waals surface area contributed by atoms with E-state index in [0.717, 1.165) is 32.6 Å². The molecule has 0 aliphatic carbocycles. The summed E-state index contributed by atoms with van der Waals surface area (Å²) in [5, 5.41) is 1.86. The molecular formula is C16H16N2O3S2. The highest BCUT2D eigenvalue weighted by Crippen LogP contribution is 2.38. The third-order valence-corrected chi connectivity index (χ3v) is 5.83. The molecule has 0 amide bonds. The fourth-order valence-electron chi connectivity index (χ4n) is 2.49. The van der Waals surface area contributed by atoms with Gasteiger partial charge in [0.2, 0.25) is 0 Å². The van der Waals surface area contributed by atoms with Crippen LogP contribution in [0.5, 0.6) is 0 Å². The van der Waals surface area contributed by atoms with Crippen LogP contribution in [0.15, 0.2) is 0 Å². The number of cyclic esters (lactones) is 2. The minimum absolute atomic E-state index is 0.250. The summed E-state index contributed by atoms with van der Waals surface area (Å²) in [5.41, 5.74) is 1.59. The molecule has 0 bridgehead atoms. The topological polar surface area (TPSA) is 69.2 Å². The van der Waals surface area contributed by atoms with Gasteiger partial charge in [-0.2, -0.15) is 0 Å². The number of aromatic nitrogens is 2. The van der Waals surface area contributed by atoms with Gasteiger partial charge in [0.25, 0.3) is 0 Å². The lowest BCUT2D eigenvalue weighted by molar-refractivity contribution is -0.149. The Morgan fingerprint density at radius 3 is 1.52 bits per heavy atom. The van der Waals surface area contributed by atoms with Crippen LogP contribution < -0.4 is 0 Å². The Morgan fingerprint density at radius 1 is 0.826 bits per heavy atom. The molecule has 5 nitrogen and oxygen atoms in total. The van der Waals surface area contributed by atoms with Gasteiger partial charge in [-0.1, -0.05) is 13.8 Å². The number of aryl methyl sites for hydroxylation is 4. The van der Waals surface area contributed by atoms with Gasteiger partial charge in [-0.25, -0.2) is 19.6 Å². The summed E-state index contributed by atoms with van der Waals surface area (Å²) < 4.78 is 4.87. The van der Waals surface area contributed by atoms with Crippen LogP contribution in [0.3, 0.4) is 0 Å². The summed E-state index contributed by atoms with van der Waals surface area (Å²) in [6.07, 6.45) is 1.57. The van der Waals surface area contributed by atoms with Gasteiger partial charge in [-0.3, -0.25) is 0 Å². The number of hydrogen-bond acceptors (Lipinski definition) is 7. The molecule has 7 heteroatoms. The molecule has 0 radical (unpaired) electrons. The number of esters is 2. The predicted octanol–water partition coefficient (Wildman–Crippen LogP) is 3.34. The van der Waals surface area contributed by atoms with Crippen molar-refractivity contribution in [2.24, 2.45) is 0 Å². The Labute approximate surface area is 142 Å². The van der Waals surface area contributed by atoms with Crippen molar-refractivity contribution in [3.63, 3.8) is 0 Å². The molecule has 1 aliphatic heterocycles. The molecule has 0 spiro atoms. The van der Waals surface area contributed by atoms with Crippen LogP contribution in [-0.4, -0.2) is 21.9 Å². The maximum atomic E-state index is 12.2. The second kappa shape index (κ2) is 5.98. The second-order valence-corrected chi connectivity index (χ2v) is 7.73. The second-order valence-electron chi connectivity index (χ2n) is 5.16. The van der Waals surface area contributed by atoms with E-state index in [1.165, 1.54) is 22.7 Å². The van der Waals surface area contributed by atoms with E-state index in [0.29, 0.717) is 11.4 Å². The Morgan fingerprint density at radius 2 is 1.22 bits per heavy atom. The lowest BCUT2D eigenvalue weighted by Gasteiger charge is -1.99. The predicted molar refractivity (Wildman–Crippen MR) is 90.4 cm³/mol. The maximum absolute atomic E-state index is 12.2. The first-order valence-corrected chi connectivity index (χ1v) is 9.03. The quantitative estimate of drug-likeness (QED) is 0.626. The zero-order valence-electron chi connectivity index (χ0n) is 13.3. The van der Waals surface area contributed by atoms with Crippen molar-refractivity contribution in [2.75, 3.05) is 0 Å². The van der Waals surface area contributed by atoms with Gasteiger partial charge >= 0.3 is 11.9 Å². The Hall–Kier alpha value is -1.86.